The monoisotopic (exact) mass is 463 g/mol. The molecule has 0 aliphatic heterocycles. The van der Waals surface area contributed by atoms with Crippen molar-refractivity contribution in [3.05, 3.63) is 90.5 Å². The number of nitrogens with zero attached hydrogens (tertiary/aromatic N) is 5. The average molecular weight is 464 g/mol. The minimum Gasteiger partial charge on any atom is -0.361 e. The van der Waals surface area contributed by atoms with Crippen LogP contribution in [0.25, 0.3) is 28.2 Å². The summed E-state index contributed by atoms with van der Waals surface area (Å²) in [6.07, 6.45) is 7.91. The first-order valence-corrected chi connectivity index (χ1v) is 11.7. The van der Waals surface area contributed by atoms with Crippen molar-refractivity contribution >= 4 is 17.4 Å². The summed E-state index contributed by atoms with van der Waals surface area (Å²) in [6, 6.07) is 20.1. The lowest BCUT2D eigenvalue weighted by atomic mass is 10.1. The number of amides is 1. The van der Waals surface area contributed by atoms with E-state index >= 15 is 0 Å². The van der Waals surface area contributed by atoms with Crippen molar-refractivity contribution in [1.29, 1.82) is 0 Å². The van der Waals surface area contributed by atoms with E-state index in [2.05, 4.69) is 25.1 Å². The van der Waals surface area contributed by atoms with Crippen molar-refractivity contribution in [3.8, 4) is 22.5 Å². The minimum absolute atomic E-state index is 0.0197. The molecule has 1 saturated carbocycles. The van der Waals surface area contributed by atoms with Crippen LogP contribution in [0.3, 0.4) is 0 Å². The molecule has 5 aromatic rings. The molecule has 0 atom stereocenters. The lowest BCUT2D eigenvalue weighted by molar-refractivity contribution is 0.0951. The van der Waals surface area contributed by atoms with E-state index < -0.39 is 0 Å². The van der Waals surface area contributed by atoms with E-state index in [4.69, 9.17) is 4.98 Å². The molecule has 8 nitrogen and oxygen atoms in total. The van der Waals surface area contributed by atoms with Gasteiger partial charge in [0, 0.05) is 42.2 Å². The molecule has 0 radical (unpaired) electrons. The molecule has 0 saturated heterocycles. The molecule has 1 amide bonds. The number of hydrogen-bond donors (Lipinski definition) is 2. The van der Waals surface area contributed by atoms with Gasteiger partial charge < -0.3 is 10.6 Å². The maximum Gasteiger partial charge on any atom is 0.251 e. The SMILES string of the molecule is Cn1ccc(CNc2nc(-c3ccccc3)cn3c(-c4ccc(C(=O)NC5CC5)cc4)cnc23)n1. The standard InChI is InChI=1S/C27H25N7O/c1-33-14-13-22(32-33)15-28-25-26-29-16-24(34(26)17-23(31-25)18-5-3-2-4-6-18)19-7-9-20(10-8-19)27(35)30-21-11-12-21/h2-10,13-14,16-17,21H,11-12,15H2,1H3,(H,28,31)(H,30,35). The van der Waals surface area contributed by atoms with Gasteiger partial charge in [-0.25, -0.2) is 9.97 Å². The van der Waals surface area contributed by atoms with Gasteiger partial charge in [0.1, 0.15) is 0 Å². The molecule has 0 unspecified atom stereocenters. The summed E-state index contributed by atoms with van der Waals surface area (Å²) in [5, 5.41) is 10.9. The van der Waals surface area contributed by atoms with Gasteiger partial charge in [-0.2, -0.15) is 5.10 Å². The maximum absolute atomic E-state index is 12.4. The zero-order valence-electron chi connectivity index (χ0n) is 19.3. The van der Waals surface area contributed by atoms with Crippen LogP contribution in [0.5, 0.6) is 0 Å². The van der Waals surface area contributed by atoms with Crippen LogP contribution in [0.2, 0.25) is 0 Å². The van der Waals surface area contributed by atoms with E-state index in [-0.39, 0.29) is 5.91 Å². The van der Waals surface area contributed by atoms with Gasteiger partial charge in [0.25, 0.3) is 5.91 Å². The molecule has 1 aliphatic carbocycles. The Morgan fingerprint density at radius 1 is 1.03 bits per heavy atom. The molecule has 2 aromatic carbocycles. The molecule has 2 N–H and O–H groups in total. The van der Waals surface area contributed by atoms with Gasteiger partial charge >= 0.3 is 0 Å². The van der Waals surface area contributed by atoms with Gasteiger partial charge in [-0.1, -0.05) is 42.5 Å². The second kappa shape index (κ2) is 8.72. The fourth-order valence-electron chi connectivity index (χ4n) is 4.09. The average Bonchev–Trinajstić information content (AvgIpc) is 3.44. The highest BCUT2D eigenvalue weighted by molar-refractivity contribution is 5.95. The number of anilines is 1. The Kier molecular flexibility index (Phi) is 5.25. The van der Waals surface area contributed by atoms with Crippen LogP contribution in [0, 0.1) is 0 Å². The van der Waals surface area contributed by atoms with Crippen molar-refractivity contribution in [2.45, 2.75) is 25.4 Å². The number of carbonyl (C=O) groups is 1. The summed E-state index contributed by atoms with van der Waals surface area (Å²) in [4.78, 5) is 22.0. The van der Waals surface area contributed by atoms with Crippen LogP contribution in [-0.4, -0.2) is 36.1 Å². The smallest absolute Gasteiger partial charge is 0.251 e. The zero-order valence-corrected chi connectivity index (χ0v) is 19.3. The number of aryl methyl sites for hydroxylation is 1. The zero-order chi connectivity index (χ0) is 23.8. The summed E-state index contributed by atoms with van der Waals surface area (Å²) in [5.41, 5.74) is 6.06. The maximum atomic E-state index is 12.4. The molecule has 6 rings (SSSR count). The molecular weight excluding hydrogens is 438 g/mol. The van der Waals surface area contributed by atoms with Crippen molar-refractivity contribution in [2.24, 2.45) is 7.05 Å². The summed E-state index contributed by atoms with van der Waals surface area (Å²) in [7, 11) is 1.90. The van der Waals surface area contributed by atoms with Gasteiger partial charge in [0.05, 0.1) is 29.8 Å². The molecule has 174 valence electrons. The first kappa shape index (κ1) is 21.1. The van der Waals surface area contributed by atoms with E-state index in [0.717, 1.165) is 46.7 Å². The minimum atomic E-state index is -0.0197. The highest BCUT2D eigenvalue weighted by Gasteiger charge is 2.23. The highest BCUT2D eigenvalue weighted by atomic mass is 16.1. The number of fused-ring (bicyclic) bond motifs is 1. The van der Waals surface area contributed by atoms with E-state index in [1.54, 1.807) is 4.68 Å². The van der Waals surface area contributed by atoms with Gasteiger partial charge in [0.15, 0.2) is 11.5 Å². The van der Waals surface area contributed by atoms with E-state index in [9.17, 15) is 4.79 Å². The van der Waals surface area contributed by atoms with Gasteiger partial charge in [0.2, 0.25) is 0 Å². The normalized spacial score (nSPS) is 13.2. The Labute approximate surface area is 202 Å². The summed E-state index contributed by atoms with van der Waals surface area (Å²) in [6.45, 7) is 0.536. The molecule has 0 bridgehead atoms. The molecule has 1 fully saturated rings. The number of carbonyl (C=O) groups excluding carboxylic acids is 1. The van der Waals surface area contributed by atoms with Crippen molar-refractivity contribution in [3.63, 3.8) is 0 Å². The molecular formula is C27H25N7O. The first-order valence-electron chi connectivity index (χ1n) is 11.7. The van der Waals surface area contributed by atoms with Crippen LogP contribution in [-0.2, 0) is 13.6 Å². The second-order valence-electron chi connectivity index (χ2n) is 8.84. The quantitative estimate of drug-likeness (QED) is 0.376. The Balaban J connectivity index is 1.38. The number of hydrogen-bond acceptors (Lipinski definition) is 5. The van der Waals surface area contributed by atoms with E-state index in [1.165, 1.54) is 0 Å². The topological polar surface area (TPSA) is 89.1 Å². The van der Waals surface area contributed by atoms with E-state index in [1.807, 2.05) is 86.3 Å². The lowest BCUT2D eigenvalue weighted by Crippen LogP contribution is -2.25. The number of benzene rings is 2. The van der Waals surface area contributed by atoms with Crippen molar-refractivity contribution in [1.82, 2.24) is 29.5 Å². The number of imidazole rings is 1. The van der Waals surface area contributed by atoms with Crippen LogP contribution >= 0.6 is 0 Å². The predicted molar refractivity (Wildman–Crippen MR) is 135 cm³/mol. The summed E-state index contributed by atoms with van der Waals surface area (Å²) < 4.78 is 3.83. The Bertz CT molecular complexity index is 1500. The third-order valence-corrected chi connectivity index (χ3v) is 6.12. The Hall–Kier alpha value is -4.46. The number of rotatable bonds is 7. The molecule has 1 aliphatic rings. The molecule has 3 heterocycles. The van der Waals surface area contributed by atoms with Gasteiger partial charge in [-0.15, -0.1) is 0 Å². The first-order chi connectivity index (χ1) is 17.1. The predicted octanol–water partition coefficient (Wildman–Crippen LogP) is 4.30. The molecule has 3 aromatic heterocycles. The van der Waals surface area contributed by atoms with Crippen LogP contribution in [0.15, 0.2) is 79.3 Å². The fourth-order valence-corrected chi connectivity index (χ4v) is 4.09. The van der Waals surface area contributed by atoms with Crippen LogP contribution in [0.1, 0.15) is 28.9 Å². The highest BCUT2D eigenvalue weighted by Crippen LogP contribution is 2.28. The number of aromatic nitrogens is 5. The fraction of sp³-hybridized carbons (Fsp3) is 0.185. The van der Waals surface area contributed by atoms with E-state index in [0.29, 0.717) is 24.0 Å². The Morgan fingerprint density at radius 2 is 1.83 bits per heavy atom. The van der Waals surface area contributed by atoms with Crippen molar-refractivity contribution < 1.29 is 4.79 Å². The summed E-state index contributed by atoms with van der Waals surface area (Å²) >= 11 is 0. The molecule has 35 heavy (non-hydrogen) atoms. The lowest BCUT2D eigenvalue weighted by Gasteiger charge is -2.11. The summed E-state index contributed by atoms with van der Waals surface area (Å²) in [5.74, 6) is 0.664. The second-order valence-corrected chi connectivity index (χ2v) is 8.84. The van der Waals surface area contributed by atoms with Crippen LogP contribution < -0.4 is 10.6 Å². The van der Waals surface area contributed by atoms with Gasteiger partial charge in [-0.3, -0.25) is 13.9 Å². The third-order valence-electron chi connectivity index (χ3n) is 6.12. The van der Waals surface area contributed by atoms with Gasteiger partial charge in [-0.05, 0) is 31.0 Å². The molecule has 0 spiro atoms. The van der Waals surface area contributed by atoms with Crippen LogP contribution in [0.4, 0.5) is 5.82 Å². The number of nitrogens with one attached hydrogen (secondary N) is 2. The van der Waals surface area contributed by atoms with Crippen molar-refractivity contribution in [2.75, 3.05) is 5.32 Å². The molecule has 8 heteroatoms. The largest absolute Gasteiger partial charge is 0.361 e. The third kappa shape index (κ3) is 4.38. The Morgan fingerprint density at radius 3 is 2.54 bits per heavy atom.